The van der Waals surface area contributed by atoms with Gasteiger partial charge in [-0.1, -0.05) is 32.8 Å². The first-order chi connectivity index (χ1) is 10.2. The molecule has 1 saturated carbocycles. The monoisotopic (exact) mass is 292 g/mol. The van der Waals surface area contributed by atoms with Crippen molar-refractivity contribution in [2.45, 2.75) is 65.0 Å². The van der Waals surface area contributed by atoms with E-state index in [0.29, 0.717) is 6.04 Å². The first-order valence-corrected chi connectivity index (χ1v) is 8.51. The second-order valence-electron chi connectivity index (χ2n) is 6.14. The molecule has 0 radical (unpaired) electrons. The van der Waals surface area contributed by atoms with Crippen LogP contribution >= 0.6 is 0 Å². The lowest BCUT2D eigenvalue weighted by Crippen LogP contribution is -2.27. The summed E-state index contributed by atoms with van der Waals surface area (Å²) >= 11 is 0. The minimum absolute atomic E-state index is 0.0958. The van der Waals surface area contributed by atoms with Gasteiger partial charge in [-0.25, -0.2) is 4.39 Å². The molecule has 1 aliphatic rings. The second-order valence-corrected chi connectivity index (χ2v) is 6.14. The van der Waals surface area contributed by atoms with Crippen LogP contribution in [0.3, 0.4) is 0 Å². The molecule has 1 aliphatic carbocycles. The summed E-state index contributed by atoms with van der Waals surface area (Å²) in [5, 5.41) is 3.61. The molecule has 0 saturated heterocycles. The van der Waals surface area contributed by atoms with Crippen molar-refractivity contribution in [2.75, 3.05) is 18.0 Å². The number of nitrogens with zero attached hydrogens (tertiary/aromatic N) is 1. The van der Waals surface area contributed by atoms with E-state index < -0.39 is 0 Å². The van der Waals surface area contributed by atoms with Gasteiger partial charge in [0.05, 0.1) is 5.69 Å². The summed E-state index contributed by atoms with van der Waals surface area (Å²) in [6, 6.07) is 6.22. The summed E-state index contributed by atoms with van der Waals surface area (Å²) in [6.07, 6.45) is 7.34. The van der Waals surface area contributed by atoms with Gasteiger partial charge in [-0.15, -0.1) is 0 Å². The highest BCUT2D eigenvalue weighted by Crippen LogP contribution is 2.23. The van der Waals surface area contributed by atoms with Crippen molar-refractivity contribution in [3.8, 4) is 0 Å². The third-order valence-electron chi connectivity index (χ3n) is 4.29. The zero-order valence-corrected chi connectivity index (χ0v) is 13.5. The molecule has 1 aromatic rings. The third-order valence-corrected chi connectivity index (χ3v) is 4.29. The van der Waals surface area contributed by atoms with Crippen molar-refractivity contribution in [1.29, 1.82) is 0 Å². The Morgan fingerprint density at radius 3 is 2.43 bits per heavy atom. The maximum atomic E-state index is 14.1. The van der Waals surface area contributed by atoms with Crippen molar-refractivity contribution >= 4 is 5.69 Å². The van der Waals surface area contributed by atoms with Crippen molar-refractivity contribution in [3.05, 3.63) is 29.6 Å². The lowest BCUT2D eigenvalue weighted by Gasteiger charge is -2.25. The van der Waals surface area contributed by atoms with Crippen molar-refractivity contribution in [1.82, 2.24) is 5.32 Å². The topological polar surface area (TPSA) is 15.3 Å². The average Bonchev–Trinajstić information content (AvgIpc) is 3.00. The van der Waals surface area contributed by atoms with Gasteiger partial charge in [0, 0.05) is 25.7 Å². The standard InChI is InChI=1S/C18H29FN2/c1-3-11-21(12-4-2)18-13-15(9-10-17(18)19)14-20-16-7-5-6-8-16/h9-10,13,16,20H,3-8,11-12,14H2,1-2H3. The van der Waals surface area contributed by atoms with Crippen LogP contribution in [0.2, 0.25) is 0 Å². The molecule has 0 heterocycles. The van der Waals surface area contributed by atoms with Crippen LogP contribution in [0.25, 0.3) is 0 Å². The van der Waals surface area contributed by atoms with Crippen LogP contribution in [0.5, 0.6) is 0 Å². The zero-order chi connectivity index (χ0) is 15.1. The lowest BCUT2D eigenvalue weighted by molar-refractivity contribution is 0.523. The van der Waals surface area contributed by atoms with Crippen LogP contribution in [0, 0.1) is 5.82 Å². The van der Waals surface area contributed by atoms with Crippen molar-refractivity contribution in [3.63, 3.8) is 0 Å². The molecule has 1 N–H and O–H groups in total. The number of rotatable bonds is 8. The first-order valence-electron chi connectivity index (χ1n) is 8.51. The molecule has 2 rings (SSSR count). The van der Waals surface area contributed by atoms with E-state index in [1.165, 1.54) is 31.2 Å². The lowest BCUT2D eigenvalue weighted by atomic mass is 10.1. The third kappa shape index (κ3) is 4.70. The van der Waals surface area contributed by atoms with E-state index in [1.807, 2.05) is 12.1 Å². The highest BCUT2D eigenvalue weighted by Gasteiger charge is 2.15. The summed E-state index contributed by atoms with van der Waals surface area (Å²) in [5.74, 6) is -0.0958. The SMILES string of the molecule is CCCN(CCC)c1cc(CNC2CCCC2)ccc1F. The summed E-state index contributed by atoms with van der Waals surface area (Å²) < 4.78 is 14.1. The van der Waals surface area contributed by atoms with E-state index in [2.05, 4.69) is 24.1 Å². The summed E-state index contributed by atoms with van der Waals surface area (Å²) in [5.41, 5.74) is 1.96. The van der Waals surface area contributed by atoms with E-state index in [-0.39, 0.29) is 5.82 Å². The molecule has 0 bridgehead atoms. The van der Waals surface area contributed by atoms with E-state index in [1.54, 1.807) is 6.07 Å². The number of anilines is 1. The maximum absolute atomic E-state index is 14.1. The smallest absolute Gasteiger partial charge is 0.146 e. The van der Waals surface area contributed by atoms with Gasteiger partial charge in [-0.05, 0) is 43.4 Å². The van der Waals surface area contributed by atoms with E-state index >= 15 is 0 Å². The van der Waals surface area contributed by atoms with E-state index in [0.717, 1.165) is 38.2 Å². The van der Waals surface area contributed by atoms with Crippen LogP contribution in [0.15, 0.2) is 18.2 Å². The van der Waals surface area contributed by atoms with E-state index in [4.69, 9.17) is 0 Å². The van der Waals surface area contributed by atoms with Crippen LogP contribution < -0.4 is 10.2 Å². The van der Waals surface area contributed by atoms with E-state index in [9.17, 15) is 4.39 Å². The number of hydrogen-bond acceptors (Lipinski definition) is 2. The predicted molar refractivity (Wildman–Crippen MR) is 88.3 cm³/mol. The van der Waals surface area contributed by atoms with Crippen LogP contribution in [-0.2, 0) is 6.54 Å². The first kappa shape index (κ1) is 16.3. The Morgan fingerprint density at radius 1 is 1.14 bits per heavy atom. The Kier molecular flexibility index (Phi) is 6.50. The molecule has 21 heavy (non-hydrogen) atoms. The van der Waals surface area contributed by atoms with Gasteiger partial charge in [0.1, 0.15) is 5.82 Å². The number of nitrogens with one attached hydrogen (secondary N) is 1. The molecule has 0 amide bonds. The van der Waals surface area contributed by atoms with Gasteiger partial charge in [0.2, 0.25) is 0 Å². The Hall–Kier alpha value is -1.09. The zero-order valence-electron chi connectivity index (χ0n) is 13.5. The van der Waals surface area contributed by atoms with Gasteiger partial charge in [0.25, 0.3) is 0 Å². The van der Waals surface area contributed by atoms with Gasteiger partial charge in [0.15, 0.2) is 0 Å². The average molecular weight is 292 g/mol. The Bertz CT molecular complexity index is 421. The minimum Gasteiger partial charge on any atom is -0.369 e. The van der Waals surface area contributed by atoms with Crippen LogP contribution in [-0.4, -0.2) is 19.1 Å². The summed E-state index contributed by atoms with van der Waals surface area (Å²) in [7, 11) is 0. The fourth-order valence-electron chi connectivity index (χ4n) is 3.20. The van der Waals surface area contributed by atoms with Gasteiger partial charge < -0.3 is 10.2 Å². The number of benzene rings is 1. The molecule has 1 aromatic carbocycles. The fourth-order valence-corrected chi connectivity index (χ4v) is 3.20. The Labute approximate surface area is 128 Å². The minimum atomic E-state index is -0.0958. The highest BCUT2D eigenvalue weighted by atomic mass is 19.1. The van der Waals surface area contributed by atoms with Gasteiger partial charge in [-0.2, -0.15) is 0 Å². The Morgan fingerprint density at radius 2 is 1.81 bits per heavy atom. The number of halogens is 1. The molecule has 0 atom stereocenters. The maximum Gasteiger partial charge on any atom is 0.146 e. The molecular formula is C18H29FN2. The molecule has 0 aromatic heterocycles. The summed E-state index contributed by atoms with van der Waals surface area (Å²) in [4.78, 5) is 2.18. The molecular weight excluding hydrogens is 263 g/mol. The van der Waals surface area contributed by atoms with Crippen molar-refractivity contribution in [2.24, 2.45) is 0 Å². The molecule has 0 unspecified atom stereocenters. The number of hydrogen-bond donors (Lipinski definition) is 1. The highest BCUT2D eigenvalue weighted by molar-refractivity contribution is 5.50. The molecule has 3 heteroatoms. The predicted octanol–water partition coefficient (Wildman–Crippen LogP) is 4.48. The second kappa shape index (κ2) is 8.38. The fraction of sp³-hybridized carbons (Fsp3) is 0.667. The van der Waals surface area contributed by atoms with Gasteiger partial charge >= 0.3 is 0 Å². The van der Waals surface area contributed by atoms with Crippen LogP contribution in [0.4, 0.5) is 10.1 Å². The normalized spacial score (nSPS) is 15.6. The summed E-state index contributed by atoms with van der Waals surface area (Å²) in [6.45, 7) is 6.98. The Balaban J connectivity index is 2.03. The van der Waals surface area contributed by atoms with Crippen molar-refractivity contribution < 1.29 is 4.39 Å². The molecule has 118 valence electrons. The van der Waals surface area contributed by atoms with Crippen LogP contribution in [0.1, 0.15) is 57.9 Å². The molecule has 0 aliphatic heterocycles. The molecule has 2 nitrogen and oxygen atoms in total. The molecule has 1 fully saturated rings. The quantitative estimate of drug-likeness (QED) is 0.759. The van der Waals surface area contributed by atoms with Gasteiger partial charge in [-0.3, -0.25) is 0 Å². The molecule has 0 spiro atoms. The largest absolute Gasteiger partial charge is 0.369 e.